The molecule has 13 heteroatoms. The summed E-state index contributed by atoms with van der Waals surface area (Å²) in [4.78, 5) is 13.4. The number of phenolic OH excluding ortho intramolecular Hbond substituents is 1. The van der Waals surface area contributed by atoms with Crippen LogP contribution in [0, 0.1) is 11.8 Å². The highest BCUT2D eigenvalue weighted by Gasteiger charge is 2.56. The smallest absolute Gasteiger partial charge is 0.310 e. The SMILES string of the molecule is COc1cc([C@@H]2c3cc4c(cc3[C@@H](O[C@@H]3O[C@H]5CO[C@H](C)O[C@H]5[C@@H](O)[C@H]3O)[C@H]3COC(=O)[C@H]23)OCO4)cc(OC)c1O. The highest BCUT2D eigenvalue weighted by Crippen LogP contribution is 2.57. The summed E-state index contributed by atoms with van der Waals surface area (Å²) < 4.78 is 51.5. The number of hydrogen-bond donors (Lipinski definition) is 3. The maximum absolute atomic E-state index is 13.4. The van der Waals surface area contributed by atoms with E-state index in [1.165, 1.54) is 14.2 Å². The number of carbonyl (C=O) groups excluding carboxylic acids is 1. The molecule has 42 heavy (non-hydrogen) atoms. The van der Waals surface area contributed by atoms with Crippen LogP contribution in [0.4, 0.5) is 0 Å². The Hall–Kier alpha value is -3.33. The van der Waals surface area contributed by atoms with E-state index in [9.17, 15) is 20.1 Å². The monoisotopic (exact) mass is 588 g/mol. The number of rotatable bonds is 5. The van der Waals surface area contributed by atoms with Crippen molar-refractivity contribution in [1.82, 2.24) is 0 Å². The summed E-state index contributed by atoms with van der Waals surface area (Å²) in [5.41, 5.74) is 2.01. The van der Waals surface area contributed by atoms with Gasteiger partial charge in [-0.15, -0.1) is 0 Å². The second-order valence-electron chi connectivity index (χ2n) is 11.0. The van der Waals surface area contributed by atoms with E-state index in [1.807, 2.05) is 0 Å². The molecule has 10 atom stereocenters. The van der Waals surface area contributed by atoms with Crippen LogP contribution in [0.5, 0.6) is 28.7 Å². The van der Waals surface area contributed by atoms with E-state index in [0.717, 1.165) is 0 Å². The fourth-order valence-corrected chi connectivity index (χ4v) is 6.74. The van der Waals surface area contributed by atoms with Crippen LogP contribution in [0.1, 0.15) is 35.6 Å². The van der Waals surface area contributed by atoms with E-state index in [0.29, 0.717) is 28.2 Å². The number of fused-ring (bicyclic) bond motifs is 4. The Morgan fingerprint density at radius 2 is 1.57 bits per heavy atom. The van der Waals surface area contributed by atoms with Gasteiger partial charge in [0.25, 0.3) is 0 Å². The fourth-order valence-electron chi connectivity index (χ4n) is 6.74. The third-order valence-corrected chi connectivity index (χ3v) is 8.75. The van der Waals surface area contributed by atoms with Gasteiger partial charge < -0.3 is 58.0 Å². The Morgan fingerprint density at radius 3 is 2.26 bits per heavy atom. The molecular formula is C29H32O13. The van der Waals surface area contributed by atoms with Crippen molar-refractivity contribution in [1.29, 1.82) is 0 Å². The summed E-state index contributed by atoms with van der Waals surface area (Å²) in [5, 5.41) is 32.5. The minimum atomic E-state index is -1.44. The first-order chi connectivity index (χ1) is 20.3. The van der Waals surface area contributed by atoms with Gasteiger partial charge in [-0.25, -0.2) is 0 Å². The lowest BCUT2D eigenvalue weighted by Crippen LogP contribution is -2.63. The molecule has 7 rings (SSSR count). The van der Waals surface area contributed by atoms with Crippen molar-refractivity contribution in [3.05, 3.63) is 41.0 Å². The van der Waals surface area contributed by atoms with Gasteiger partial charge in [0.05, 0.1) is 39.5 Å². The molecule has 3 N–H and O–H groups in total. The number of benzene rings is 2. The normalized spacial score (nSPS) is 36.5. The third kappa shape index (κ3) is 4.26. The molecule has 3 saturated heterocycles. The maximum atomic E-state index is 13.4. The van der Waals surface area contributed by atoms with Gasteiger partial charge in [-0.1, -0.05) is 0 Å². The zero-order valence-electron chi connectivity index (χ0n) is 23.1. The van der Waals surface area contributed by atoms with Gasteiger partial charge >= 0.3 is 5.97 Å². The molecule has 3 fully saturated rings. The Labute approximate surface area is 240 Å². The number of aromatic hydroxyl groups is 1. The molecular weight excluding hydrogens is 556 g/mol. The van der Waals surface area contributed by atoms with Crippen LogP contribution in [0.3, 0.4) is 0 Å². The van der Waals surface area contributed by atoms with Crippen molar-refractivity contribution < 1.29 is 62.7 Å². The van der Waals surface area contributed by atoms with Crippen LogP contribution in [-0.2, 0) is 28.5 Å². The first-order valence-corrected chi connectivity index (χ1v) is 13.8. The summed E-state index contributed by atoms with van der Waals surface area (Å²) in [6, 6.07) is 6.93. The number of esters is 1. The summed E-state index contributed by atoms with van der Waals surface area (Å²) in [5.74, 6) is -1.02. The molecule has 0 unspecified atom stereocenters. The van der Waals surface area contributed by atoms with Crippen LogP contribution in [0.15, 0.2) is 24.3 Å². The number of aliphatic hydroxyl groups is 2. The average Bonchev–Trinajstić information content (AvgIpc) is 3.61. The first-order valence-electron chi connectivity index (χ1n) is 13.8. The van der Waals surface area contributed by atoms with Crippen molar-refractivity contribution in [2.75, 3.05) is 34.2 Å². The highest BCUT2D eigenvalue weighted by molar-refractivity contribution is 5.79. The summed E-state index contributed by atoms with van der Waals surface area (Å²) in [6.07, 6.45) is -6.80. The van der Waals surface area contributed by atoms with Gasteiger partial charge in [0.2, 0.25) is 12.5 Å². The van der Waals surface area contributed by atoms with E-state index < -0.39 is 66.8 Å². The van der Waals surface area contributed by atoms with Gasteiger partial charge in [-0.05, 0) is 47.9 Å². The standard InChI is InChI=1S/C29H32O13/c1-11-36-9-20-27(40-11)24(31)25(32)29(41-20)42-26-14-7-17-16(38-10-39-17)6-13(14)21(22-15(26)8-37-28(22)33)12-4-18(34-2)23(30)19(5-12)35-3/h4-7,11,15,20-22,24-27,29-32H,8-10H2,1-3H3/t11-,15-,20-,21+,22-,24-,25+,26+,27+,29-/m0/s1. The third-order valence-electron chi connectivity index (χ3n) is 8.75. The number of hydrogen-bond acceptors (Lipinski definition) is 13. The van der Waals surface area contributed by atoms with Crippen LogP contribution in [-0.4, -0.2) is 92.5 Å². The summed E-state index contributed by atoms with van der Waals surface area (Å²) in [6.45, 7) is 1.93. The molecule has 13 nitrogen and oxygen atoms in total. The minimum Gasteiger partial charge on any atom is -0.502 e. The van der Waals surface area contributed by atoms with Crippen molar-refractivity contribution in [2.24, 2.45) is 11.8 Å². The number of methoxy groups -OCH3 is 2. The molecule has 5 aliphatic rings. The van der Waals surface area contributed by atoms with E-state index in [-0.39, 0.29) is 37.3 Å². The van der Waals surface area contributed by atoms with E-state index >= 15 is 0 Å². The predicted molar refractivity (Wildman–Crippen MR) is 138 cm³/mol. The molecule has 4 aliphatic heterocycles. The lowest BCUT2D eigenvalue weighted by molar-refractivity contribution is -0.364. The topological polar surface area (TPSA) is 161 Å². The summed E-state index contributed by atoms with van der Waals surface area (Å²) >= 11 is 0. The molecule has 1 aliphatic carbocycles. The van der Waals surface area contributed by atoms with Gasteiger partial charge in [-0.2, -0.15) is 0 Å². The van der Waals surface area contributed by atoms with Gasteiger partial charge in [0.15, 0.2) is 35.6 Å². The van der Waals surface area contributed by atoms with E-state index in [4.69, 9.17) is 42.6 Å². The number of carbonyl (C=O) groups is 1. The molecule has 226 valence electrons. The molecule has 0 bridgehead atoms. The number of phenols is 1. The van der Waals surface area contributed by atoms with Gasteiger partial charge in [0, 0.05) is 11.8 Å². The quantitative estimate of drug-likeness (QED) is 0.430. The van der Waals surface area contributed by atoms with Gasteiger partial charge in [0.1, 0.15) is 24.4 Å². The van der Waals surface area contributed by atoms with Crippen LogP contribution in [0.2, 0.25) is 0 Å². The molecule has 0 saturated carbocycles. The Balaban J connectivity index is 1.32. The van der Waals surface area contributed by atoms with Crippen molar-refractivity contribution >= 4 is 5.97 Å². The number of ether oxygens (including phenoxy) is 9. The molecule has 0 radical (unpaired) electrons. The molecule has 4 heterocycles. The Bertz CT molecular complexity index is 1350. The first kappa shape index (κ1) is 27.5. The molecule has 2 aromatic rings. The zero-order valence-corrected chi connectivity index (χ0v) is 23.1. The molecule has 0 spiro atoms. The van der Waals surface area contributed by atoms with Crippen molar-refractivity contribution in [2.45, 2.75) is 55.9 Å². The fraction of sp³-hybridized carbons (Fsp3) is 0.552. The number of aliphatic hydroxyl groups excluding tert-OH is 2. The molecule has 0 amide bonds. The largest absolute Gasteiger partial charge is 0.502 e. The zero-order chi connectivity index (χ0) is 29.3. The molecule has 2 aromatic carbocycles. The lowest BCUT2D eigenvalue weighted by atomic mass is 9.66. The highest BCUT2D eigenvalue weighted by atomic mass is 16.8. The second kappa shape index (κ2) is 10.4. The van der Waals surface area contributed by atoms with Gasteiger partial charge in [-0.3, -0.25) is 4.79 Å². The van der Waals surface area contributed by atoms with E-state index in [2.05, 4.69) is 0 Å². The summed E-state index contributed by atoms with van der Waals surface area (Å²) in [7, 11) is 2.86. The maximum Gasteiger partial charge on any atom is 0.310 e. The minimum absolute atomic E-state index is 0.0301. The Morgan fingerprint density at radius 1 is 0.881 bits per heavy atom. The lowest BCUT2D eigenvalue weighted by Gasteiger charge is -2.47. The van der Waals surface area contributed by atoms with Crippen molar-refractivity contribution in [3.63, 3.8) is 0 Å². The number of cyclic esters (lactones) is 1. The van der Waals surface area contributed by atoms with Crippen LogP contribution < -0.4 is 18.9 Å². The predicted octanol–water partition coefficient (Wildman–Crippen LogP) is 1.34. The molecule has 0 aromatic heterocycles. The van der Waals surface area contributed by atoms with Crippen LogP contribution >= 0.6 is 0 Å². The van der Waals surface area contributed by atoms with Crippen molar-refractivity contribution in [3.8, 4) is 28.7 Å². The average molecular weight is 589 g/mol. The van der Waals surface area contributed by atoms with E-state index in [1.54, 1.807) is 31.2 Å². The Kier molecular flexibility index (Phi) is 6.83. The van der Waals surface area contributed by atoms with Crippen LogP contribution in [0.25, 0.3) is 0 Å². The second-order valence-corrected chi connectivity index (χ2v) is 11.0.